The minimum Gasteiger partial charge on any atom is -0.339 e. The lowest BCUT2D eigenvalue weighted by Crippen LogP contribution is -2.09. The van der Waals surface area contributed by atoms with Crippen LogP contribution < -0.4 is 4.72 Å². The van der Waals surface area contributed by atoms with Gasteiger partial charge in [0.25, 0.3) is 0 Å². The molecule has 24 heavy (non-hydrogen) atoms. The van der Waals surface area contributed by atoms with Crippen molar-refractivity contribution in [3.05, 3.63) is 64.5 Å². The first-order chi connectivity index (χ1) is 11.4. The third-order valence-electron chi connectivity index (χ3n) is 3.21. The zero-order valence-corrected chi connectivity index (χ0v) is 15.1. The number of hydrogen-bond acceptors (Lipinski definition) is 5. The molecule has 0 saturated carbocycles. The molecule has 0 fully saturated rings. The molecule has 0 aliphatic rings. The monoisotopic (exact) mass is 407 g/mol. The van der Waals surface area contributed by atoms with Gasteiger partial charge in [0.2, 0.25) is 21.7 Å². The summed E-state index contributed by atoms with van der Waals surface area (Å²) < 4.78 is 31.1. The number of rotatable bonds is 5. The van der Waals surface area contributed by atoms with E-state index in [2.05, 4.69) is 30.8 Å². The largest absolute Gasteiger partial charge is 0.339 e. The molecule has 3 rings (SSSR count). The van der Waals surface area contributed by atoms with E-state index in [-0.39, 0.29) is 0 Å². The second-order valence-corrected chi connectivity index (χ2v) is 7.83. The molecule has 8 heteroatoms. The van der Waals surface area contributed by atoms with Crippen molar-refractivity contribution in [3.63, 3.8) is 0 Å². The lowest BCUT2D eigenvalue weighted by molar-refractivity contribution is 0.385. The Morgan fingerprint density at radius 1 is 1.12 bits per heavy atom. The topological polar surface area (TPSA) is 85.1 Å². The van der Waals surface area contributed by atoms with Crippen molar-refractivity contribution in [2.24, 2.45) is 0 Å². The van der Waals surface area contributed by atoms with Crippen LogP contribution >= 0.6 is 15.9 Å². The molecule has 6 nitrogen and oxygen atoms in total. The third kappa shape index (κ3) is 4.21. The van der Waals surface area contributed by atoms with Gasteiger partial charge in [0.15, 0.2) is 0 Å². The molecule has 0 aliphatic heterocycles. The highest BCUT2D eigenvalue weighted by Gasteiger charge is 2.11. The van der Waals surface area contributed by atoms with Gasteiger partial charge in [-0.3, -0.25) is 4.72 Å². The van der Waals surface area contributed by atoms with Gasteiger partial charge in [-0.2, -0.15) is 4.98 Å². The van der Waals surface area contributed by atoms with Crippen LogP contribution in [0, 0.1) is 0 Å². The summed E-state index contributed by atoms with van der Waals surface area (Å²) in [7, 11) is -3.29. The second kappa shape index (κ2) is 6.74. The molecule has 0 unspecified atom stereocenters. The van der Waals surface area contributed by atoms with E-state index in [9.17, 15) is 8.42 Å². The Morgan fingerprint density at radius 3 is 2.50 bits per heavy atom. The zero-order valence-electron chi connectivity index (χ0n) is 12.7. The van der Waals surface area contributed by atoms with Crippen molar-refractivity contribution in [2.45, 2.75) is 6.42 Å². The van der Waals surface area contributed by atoms with Gasteiger partial charge in [0.1, 0.15) is 0 Å². The van der Waals surface area contributed by atoms with Crippen LogP contribution in [0.5, 0.6) is 0 Å². The summed E-state index contributed by atoms with van der Waals surface area (Å²) in [5, 5.41) is 3.98. The predicted octanol–water partition coefficient (Wildman–Crippen LogP) is 3.46. The fourth-order valence-electron chi connectivity index (χ4n) is 2.15. The van der Waals surface area contributed by atoms with E-state index < -0.39 is 10.0 Å². The van der Waals surface area contributed by atoms with Gasteiger partial charge in [0.05, 0.1) is 12.7 Å². The quantitative estimate of drug-likeness (QED) is 0.699. The van der Waals surface area contributed by atoms with E-state index in [1.165, 1.54) is 0 Å². The number of aromatic nitrogens is 2. The van der Waals surface area contributed by atoms with Gasteiger partial charge in [-0.05, 0) is 35.9 Å². The maximum atomic E-state index is 11.2. The molecule has 0 spiro atoms. The van der Waals surface area contributed by atoms with E-state index in [0.29, 0.717) is 23.8 Å². The number of nitrogens with zero attached hydrogens (tertiary/aromatic N) is 2. The third-order valence-corrected chi connectivity index (χ3v) is 4.59. The zero-order chi connectivity index (χ0) is 17.2. The molecule has 0 aliphatic carbocycles. The number of sulfonamides is 1. The average molecular weight is 408 g/mol. The number of anilines is 1. The number of benzene rings is 2. The molecule has 1 N–H and O–H groups in total. The van der Waals surface area contributed by atoms with E-state index in [0.717, 1.165) is 21.9 Å². The van der Waals surface area contributed by atoms with Crippen LogP contribution in [0.1, 0.15) is 11.5 Å². The van der Waals surface area contributed by atoms with Gasteiger partial charge in [0, 0.05) is 15.7 Å². The Labute approximate surface area is 148 Å². The van der Waals surface area contributed by atoms with Crippen LogP contribution in [0.15, 0.2) is 57.5 Å². The molecular weight excluding hydrogens is 394 g/mol. The summed E-state index contributed by atoms with van der Waals surface area (Å²) in [6, 6.07) is 14.6. The average Bonchev–Trinajstić information content (AvgIpc) is 2.97. The first-order valence-electron chi connectivity index (χ1n) is 7.05. The minimum absolute atomic E-state index is 0.461. The van der Waals surface area contributed by atoms with Crippen molar-refractivity contribution in [1.82, 2.24) is 10.1 Å². The molecule has 3 aromatic rings. The normalized spacial score (nSPS) is 11.4. The number of hydrogen-bond donors (Lipinski definition) is 1. The van der Waals surface area contributed by atoms with Crippen LogP contribution in [0.4, 0.5) is 5.69 Å². The van der Waals surface area contributed by atoms with E-state index in [4.69, 9.17) is 4.52 Å². The van der Waals surface area contributed by atoms with Gasteiger partial charge in [-0.15, -0.1) is 0 Å². The second-order valence-electron chi connectivity index (χ2n) is 5.23. The first-order valence-corrected chi connectivity index (χ1v) is 9.73. The Balaban J connectivity index is 1.77. The highest BCUT2D eigenvalue weighted by Crippen LogP contribution is 2.22. The number of halogens is 1. The van der Waals surface area contributed by atoms with E-state index in [1.54, 1.807) is 24.3 Å². The van der Waals surface area contributed by atoms with Crippen molar-refractivity contribution in [2.75, 3.05) is 11.0 Å². The van der Waals surface area contributed by atoms with Crippen LogP contribution in [-0.2, 0) is 16.4 Å². The molecule has 0 amide bonds. The van der Waals surface area contributed by atoms with E-state index >= 15 is 0 Å². The first kappa shape index (κ1) is 16.7. The molecule has 2 aromatic carbocycles. The lowest BCUT2D eigenvalue weighted by atomic mass is 10.1. The molecule has 124 valence electrons. The van der Waals surface area contributed by atoms with Gasteiger partial charge in [-0.25, -0.2) is 8.42 Å². The Kier molecular flexibility index (Phi) is 4.68. The Morgan fingerprint density at radius 2 is 1.83 bits per heavy atom. The highest BCUT2D eigenvalue weighted by atomic mass is 79.9. The molecule has 0 radical (unpaired) electrons. The van der Waals surface area contributed by atoms with Gasteiger partial charge in [-0.1, -0.05) is 39.3 Å². The fourth-order valence-corrected chi connectivity index (χ4v) is 3.14. The molecule has 0 bridgehead atoms. The standard InChI is InChI=1S/C16H14BrN3O3S/c1-24(21,22)20-13-8-6-11(7-9-13)16-18-15(23-19-16)10-12-4-2-3-5-14(12)17/h2-9,20H,10H2,1H3. The molecule has 0 saturated heterocycles. The van der Waals surface area contributed by atoms with Crippen LogP contribution in [0.3, 0.4) is 0 Å². The predicted molar refractivity (Wildman–Crippen MR) is 95.1 cm³/mol. The molecule has 1 heterocycles. The highest BCUT2D eigenvalue weighted by molar-refractivity contribution is 9.10. The van der Waals surface area contributed by atoms with E-state index in [1.807, 2.05) is 24.3 Å². The van der Waals surface area contributed by atoms with Gasteiger partial charge >= 0.3 is 0 Å². The maximum absolute atomic E-state index is 11.2. The van der Waals surface area contributed by atoms with Crippen LogP contribution in [-0.4, -0.2) is 24.8 Å². The SMILES string of the molecule is CS(=O)(=O)Nc1ccc(-c2noc(Cc3ccccc3Br)n2)cc1. The molecular formula is C16H14BrN3O3S. The fraction of sp³-hybridized carbons (Fsp3) is 0.125. The Hall–Kier alpha value is -2.19. The summed E-state index contributed by atoms with van der Waals surface area (Å²) in [5.74, 6) is 0.971. The maximum Gasteiger partial charge on any atom is 0.231 e. The Bertz CT molecular complexity index is 953. The lowest BCUT2D eigenvalue weighted by Gasteiger charge is -2.03. The van der Waals surface area contributed by atoms with Crippen molar-refractivity contribution >= 4 is 31.6 Å². The molecule has 0 atom stereocenters. The van der Waals surface area contributed by atoms with Crippen LogP contribution in [0.25, 0.3) is 11.4 Å². The van der Waals surface area contributed by atoms with Gasteiger partial charge < -0.3 is 4.52 Å². The van der Waals surface area contributed by atoms with Crippen molar-refractivity contribution in [1.29, 1.82) is 0 Å². The molecule has 1 aromatic heterocycles. The smallest absolute Gasteiger partial charge is 0.231 e. The number of nitrogens with one attached hydrogen (secondary N) is 1. The summed E-state index contributed by atoms with van der Waals surface area (Å²) in [6.45, 7) is 0. The van der Waals surface area contributed by atoms with Crippen LogP contribution in [0.2, 0.25) is 0 Å². The van der Waals surface area contributed by atoms with Crippen molar-refractivity contribution < 1.29 is 12.9 Å². The minimum atomic E-state index is -3.29. The summed E-state index contributed by atoms with van der Waals surface area (Å²) in [6.07, 6.45) is 1.64. The summed E-state index contributed by atoms with van der Waals surface area (Å²) in [5.41, 5.74) is 2.29. The summed E-state index contributed by atoms with van der Waals surface area (Å²) in [4.78, 5) is 4.38. The summed E-state index contributed by atoms with van der Waals surface area (Å²) >= 11 is 3.49. The van der Waals surface area contributed by atoms with Crippen molar-refractivity contribution in [3.8, 4) is 11.4 Å².